The van der Waals surface area contributed by atoms with Crippen molar-refractivity contribution >= 4 is 34.7 Å². The van der Waals surface area contributed by atoms with Crippen molar-refractivity contribution in [2.75, 3.05) is 24.2 Å². The molecule has 0 aromatic heterocycles. The summed E-state index contributed by atoms with van der Waals surface area (Å²) in [6.45, 7) is 0.992. The van der Waals surface area contributed by atoms with Crippen molar-refractivity contribution in [1.29, 1.82) is 0 Å². The maximum Gasteiger partial charge on any atom is 0.103 e. The maximum absolute atomic E-state index is 5.60. The van der Waals surface area contributed by atoms with E-state index in [1.165, 1.54) is 10.6 Å². The van der Waals surface area contributed by atoms with E-state index in [1.807, 2.05) is 30.0 Å². The van der Waals surface area contributed by atoms with Crippen LogP contribution in [0, 0.1) is 0 Å². The Morgan fingerprint density at radius 2 is 1.75 bits per heavy atom. The number of thioether (sulfide) groups is 1. The van der Waals surface area contributed by atoms with Gasteiger partial charge in [-0.15, -0.1) is 11.8 Å². The zero-order valence-electron chi connectivity index (χ0n) is 11.5. The maximum atomic E-state index is 5.60. The first-order valence-corrected chi connectivity index (χ1v) is 7.85. The van der Waals surface area contributed by atoms with Crippen LogP contribution in [0.2, 0.25) is 0 Å². The Morgan fingerprint density at radius 1 is 1.10 bits per heavy atom. The summed E-state index contributed by atoms with van der Waals surface area (Å²) < 4.78 is 0. The van der Waals surface area contributed by atoms with Gasteiger partial charge in [-0.3, -0.25) is 0 Å². The van der Waals surface area contributed by atoms with Crippen molar-refractivity contribution in [3.63, 3.8) is 0 Å². The minimum Gasteiger partial charge on any atom is -0.389 e. The zero-order chi connectivity index (χ0) is 14.4. The molecule has 0 atom stereocenters. The summed E-state index contributed by atoms with van der Waals surface area (Å²) in [4.78, 5) is 3.99. The SMILES string of the molecule is CN(CCSc1ccccc1)c1ccc(C(N)=S)cc1. The first kappa shape index (κ1) is 14.9. The molecule has 0 aliphatic rings. The van der Waals surface area contributed by atoms with Gasteiger partial charge >= 0.3 is 0 Å². The van der Waals surface area contributed by atoms with Crippen LogP contribution in [-0.2, 0) is 0 Å². The van der Waals surface area contributed by atoms with E-state index in [-0.39, 0.29) is 0 Å². The molecule has 0 saturated heterocycles. The van der Waals surface area contributed by atoms with Crippen LogP contribution < -0.4 is 10.6 Å². The number of nitrogens with zero attached hydrogens (tertiary/aromatic N) is 1. The van der Waals surface area contributed by atoms with Gasteiger partial charge in [0.1, 0.15) is 4.99 Å². The fourth-order valence-electron chi connectivity index (χ4n) is 1.83. The topological polar surface area (TPSA) is 29.3 Å². The lowest BCUT2D eigenvalue weighted by molar-refractivity contribution is 0.977. The fraction of sp³-hybridized carbons (Fsp3) is 0.188. The van der Waals surface area contributed by atoms with Crippen molar-refractivity contribution in [1.82, 2.24) is 0 Å². The summed E-state index contributed by atoms with van der Waals surface area (Å²) in [5.41, 5.74) is 7.69. The van der Waals surface area contributed by atoms with Crippen LogP contribution in [0.15, 0.2) is 59.5 Å². The third kappa shape index (κ3) is 4.25. The third-order valence-electron chi connectivity index (χ3n) is 3.03. The number of nitrogens with two attached hydrogens (primary N) is 1. The number of hydrogen-bond donors (Lipinski definition) is 1. The molecule has 0 fully saturated rings. The lowest BCUT2D eigenvalue weighted by Crippen LogP contribution is -2.20. The first-order chi connectivity index (χ1) is 9.66. The van der Waals surface area contributed by atoms with Crippen LogP contribution in [0.1, 0.15) is 5.56 Å². The number of thiocarbonyl (C=S) groups is 1. The number of hydrogen-bond acceptors (Lipinski definition) is 3. The summed E-state index contributed by atoms with van der Waals surface area (Å²) in [5, 5.41) is 0. The van der Waals surface area contributed by atoms with Crippen LogP contribution in [0.25, 0.3) is 0 Å². The van der Waals surface area contributed by atoms with Gasteiger partial charge in [0.2, 0.25) is 0 Å². The van der Waals surface area contributed by atoms with Gasteiger partial charge in [0.15, 0.2) is 0 Å². The highest BCUT2D eigenvalue weighted by Crippen LogP contribution is 2.19. The molecule has 2 N–H and O–H groups in total. The van der Waals surface area contributed by atoms with Gasteiger partial charge in [-0.05, 0) is 36.4 Å². The van der Waals surface area contributed by atoms with Gasteiger partial charge in [-0.2, -0.15) is 0 Å². The van der Waals surface area contributed by atoms with Gasteiger partial charge < -0.3 is 10.6 Å². The van der Waals surface area contributed by atoms with Crippen molar-refractivity contribution in [3.05, 3.63) is 60.2 Å². The summed E-state index contributed by atoms with van der Waals surface area (Å²) in [7, 11) is 2.10. The van der Waals surface area contributed by atoms with E-state index in [4.69, 9.17) is 18.0 Å². The van der Waals surface area contributed by atoms with Gasteiger partial charge in [0, 0.05) is 35.5 Å². The molecule has 0 bridgehead atoms. The number of anilines is 1. The average Bonchev–Trinajstić information content (AvgIpc) is 2.48. The minimum atomic E-state index is 0.443. The molecule has 0 radical (unpaired) electrons. The van der Waals surface area contributed by atoms with E-state index < -0.39 is 0 Å². The standard InChI is InChI=1S/C16H18N2S2/c1-18(11-12-20-15-5-3-2-4-6-15)14-9-7-13(8-10-14)16(17)19/h2-10H,11-12H2,1H3,(H2,17,19). The monoisotopic (exact) mass is 302 g/mol. The third-order valence-corrected chi connectivity index (χ3v) is 4.26. The summed E-state index contributed by atoms with van der Waals surface area (Å²) in [6, 6.07) is 18.5. The second-order valence-electron chi connectivity index (χ2n) is 4.49. The lowest BCUT2D eigenvalue weighted by Gasteiger charge is -2.19. The molecule has 0 amide bonds. The Kier molecular flexibility index (Phi) is 5.44. The summed E-state index contributed by atoms with van der Waals surface area (Å²) in [5.74, 6) is 1.05. The van der Waals surface area contributed by atoms with E-state index in [0.717, 1.165) is 17.9 Å². The Hall–Kier alpha value is -1.52. The highest BCUT2D eigenvalue weighted by Gasteiger charge is 2.02. The molecule has 20 heavy (non-hydrogen) atoms. The molecule has 104 valence electrons. The van der Waals surface area contributed by atoms with E-state index in [1.54, 1.807) is 0 Å². The van der Waals surface area contributed by atoms with Crippen molar-refractivity contribution in [2.45, 2.75) is 4.90 Å². The van der Waals surface area contributed by atoms with Crippen LogP contribution in [0.4, 0.5) is 5.69 Å². The molecular weight excluding hydrogens is 284 g/mol. The van der Waals surface area contributed by atoms with Gasteiger partial charge in [0.05, 0.1) is 0 Å². The average molecular weight is 302 g/mol. The molecule has 0 saturated carbocycles. The van der Waals surface area contributed by atoms with Crippen molar-refractivity contribution in [3.8, 4) is 0 Å². The molecule has 2 rings (SSSR count). The lowest BCUT2D eigenvalue weighted by atomic mass is 10.2. The van der Waals surface area contributed by atoms with E-state index in [9.17, 15) is 0 Å². The second kappa shape index (κ2) is 7.31. The second-order valence-corrected chi connectivity index (χ2v) is 6.10. The molecule has 2 aromatic carbocycles. The molecule has 2 nitrogen and oxygen atoms in total. The molecule has 0 spiro atoms. The molecule has 0 unspecified atom stereocenters. The van der Waals surface area contributed by atoms with Crippen LogP contribution >= 0.6 is 24.0 Å². The Balaban J connectivity index is 1.85. The van der Waals surface area contributed by atoms with Gasteiger partial charge in [-0.1, -0.05) is 30.4 Å². The first-order valence-electron chi connectivity index (χ1n) is 6.45. The van der Waals surface area contributed by atoms with Crippen LogP contribution in [-0.4, -0.2) is 24.3 Å². The Morgan fingerprint density at radius 3 is 2.35 bits per heavy atom. The molecular formula is C16H18N2S2. The predicted octanol–water partition coefficient (Wildman–Crippen LogP) is 3.55. The molecule has 0 aliphatic carbocycles. The smallest absolute Gasteiger partial charge is 0.103 e. The van der Waals surface area contributed by atoms with E-state index in [2.05, 4.69) is 48.3 Å². The Bertz CT molecular complexity index is 552. The number of rotatable bonds is 6. The van der Waals surface area contributed by atoms with Gasteiger partial charge in [-0.25, -0.2) is 0 Å². The highest BCUT2D eigenvalue weighted by molar-refractivity contribution is 7.99. The molecule has 0 aliphatic heterocycles. The highest BCUT2D eigenvalue weighted by atomic mass is 32.2. The largest absolute Gasteiger partial charge is 0.389 e. The minimum absolute atomic E-state index is 0.443. The van der Waals surface area contributed by atoms with Crippen LogP contribution in [0.3, 0.4) is 0 Å². The van der Waals surface area contributed by atoms with Crippen molar-refractivity contribution < 1.29 is 0 Å². The molecule has 4 heteroatoms. The quantitative estimate of drug-likeness (QED) is 0.653. The van der Waals surface area contributed by atoms with Crippen LogP contribution in [0.5, 0.6) is 0 Å². The van der Waals surface area contributed by atoms with Gasteiger partial charge in [0.25, 0.3) is 0 Å². The van der Waals surface area contributed by atoms with E-state index in [0.29, 0.717) is 4.99 Å². The normalized spacial score (nSPS) is 10.2. The fourth-order valence-corrected chi connectivity index (χ4v) is 2.91. The zero-order valence-corrected chi connectivity index (χ0v) is 13.1. The van der Waals surface area contributed by atoms with E-state index >= 15 is 0 Å². The molecule has 2 aromatic rings. The Labute approximate surface area is 130 Å². The summed E-state index contributed by atoms with van der Waals surface area (Å²) in [6.07, 6.45) is 0. The molecule has 0 heterocycles. The number of benzene rings is 2. The predicted molar refractivity (Wildman–Crippen MR) is 92.8 cm³/mol. The van der Waals surface area contributed by atoms with Crippen molar-refractivity contribution in [2.24, 2.45) is 5.73 Å². The summed E-state index contributed by atoms with van der Waals surface area (Å²) >= 11 is 6.82.